The zero-order valence-corrected chi connectivity index (χ0v) is 28.9. The summed E-state index contributed by atoms with van der Waals surface area (Å²) in [4.78, 5) is 10.3. The summed E-state index contributed by atoms with van der Waals surface area (Å²) in [6.45, 7) is 13.6. The second-order valence-corrected chi connectivity index (χ2v) is 14.2. The summed E-state index contributed by atoms with van der Waals surface area (Å²) in [5.41, 5.74) is 9.20. The first-order chi connectivity index (χ1) is 21.1. The van der Waals surface area contributed by atoms with Crippen molar-refractivity contribution in [2.45, 2.75) is 65.2 Å². The van der Waals surface area contributed by atoms with Crippen LogP contribution in [-0.4, -0.2) is 18.8 Å². The minimum atomic E-state index is 0. The number of hydrogen-bond acceptors (Lipinski definition) is 2. The van der Waals surface area contributed by atoms with Crippen LogP contribution in [0.3, 0.4) is 0 Å². The van der Waals surface area contributed by atoms with Gasteiger partial charge in [0.15, 0.2) is 0 Å². The van der Waals surface area contributed by atoms with Crippen molar-refractivity contribution in [3.8, 4) is 0 Å². The van der Waals surface area contributed by atoms with Crippen molar-refractivity contribution in [1.82, 2.24) is 18.8 Å². The Labute approximate surface area is 278 Å². The molecule has 5 heteroatoms. The zero-order chi connectivity index (χ0) is 30.4. The van der Waals surface area contributed by atoms with E-state index in [2.05, 4.69) is 136 Å². The average molecular weight is 768 g/mol. The third-order valence-corrected chi connectivity index (χ3v) is 9.13. The Kier molecular flexibility index (Phi) is 6.94. The number of aromatic nitrogens is 4. The normalized spacial score (nSPS) is 12.7. The fraction of sp³-hybridized carbons (Fsp3) is 0.250. The van der Waals surface area contributed by atoms with Gasteiger partial charge in [-0.15, -0.1) is 59.3 Å². The van der Waals surface area contributed by atoms with Gasteiger partial charge in [-0.1, -0.05) is 76.6 Å². The summed E-state index contributed by atoms with van der Waals surface area (Å²) < 4.78 is 4.50. The van der Waals surface area contributed by atoms with Gasteiger partial charge in [0.2, 0.25) is 0 Å². The molecule has 4 aromatic carbocycles. The molecule has 8 aromatic rings. The molecule has 0 bridgehead atoms. The molecule has 0 unspecified atom stereocenters. The van der Waals surface area contributed by atoms with Gasteiger partial charge in [-0.2, -0.15) is 0 Å². The van der Waals surface area contributed by atoms with Crippen molar-refractivity contribution in [3.05, 3.63) is 120 Å². The van der Waals surface area contributed by atoms with E-state index in [1.54, 1.807) is 0 Å². The fourth-order valence-electron chi connectivity index (χ4n) is 6.62. The van der Waals surface area contributed by atoms with Crippen LogP contribution in [0, 0.1) is 12.1 Å². The van der Waals surface area contributed by atoms with Crippen LogP contribution in [0.25, 0.3) is 54.6 Å². The van der Waals surface area contributed by atoms with E-state index in [1.165, 1.54) is 43.7 Å². The SMILES string of the molecule is CC(C)(C)c1ccc2c(c1)c1ccc[c-]c1c1nc(CCc3cn4c5ccc(C(C)(C)C)cc5c5ccc[c-]c5c4n3)cn21.[Pt+2]. The summed E-state index contributed by atoms with van der Waals surface area (Å²) in [5, 5.41) is 7.00. The molecule has 0 spiro atoms. The van der Waals surface area contributed by atoms with E-state index in [0.29, 0.717) is 0 Å². The second kappa shape index (κ2) is 10.5. The minimum absolute atomic E-state index is 0. The van der Waals surface area contributed by atoms with E-state index in [9.17, 15) is 0 Å². The molecule has 4 aromatic heterocycles. The Balaban J connectivity index is 0.00000325. The Morgan fingerprint density at radius 1 is 0.578 bits per heavy atom. The molecule has 0 amide bonds. The van der Waals surface area contributed by atoms with Crippen molar-refractivity contribution in [1.29, 1.82) is 0 Å². The van der Waals surface area contributed by atoms with Gasteiger partial charge in [0.1, 0.15) is 0 Å². The summed E-state index contributed by atoms with van der Waals surface area (Å²) >= 11 is 0. The topological polar surface area (TPSA) is 34.6 Å². The molecule has 8 rings (SSSR count). The maximum Gasteiger partial charge on any atom is 2.00 e. The van der Waals surface area contributed by atoms with Crippen LogP contribution in [0.2, 0.25) is 0 Å². The number of hydrogen-bond donors (Lipinski definition) is 0. The van der Waals surface area contributed by atoms with Crippen molar-refractivity contribution < 1.29 is 21.1 Å². The van der Waals surface area contributed by atoms with Gasteiger partial charge in [0.05, 0.1) is 11.3 Å². The van der Waals surface area contributed by atoms with E-state index in [0.717, 1.165) is 46.3 Å². The van der Waals surface area contributed by atoms with E-state index >= 15 is 0 Å². The Morgan fingerprint density at radius 2 is 1.00 bits per heavy atom. The van der Waals surface area contributed by atoms with Crippen LogP contribution in [0.15, 0.2) is 85.2 Å². The van der Waals surface area contributed by atoms with Gasteiger partial charge in [-0.05, 0) is 57.7 Å². The number of rotatable bonds is 3. The van der Waals surface area contributed by atoms with Crippen LogP contribution in [-0.2, 0) is 44.7 Å². The first kappa shape index (κ1) is 29.7. The Morgan fingerprint density at radius 3 is 1.40 bits per heavy atom. The first-order valence-corrected chi connectivity index (χ1v) is 15.6. The minimum Gasteiger partial charge on any atom is -0.340 e. The summed E-state index contributed by atoms with van der Waals surface area (Å²) in [6, 6.07) is 33.2. The molecule has 0 atom stereocenters. The van der Waals surface area contributed by atoms with Gasteiger partial charge >= 0.3 is 21.1 Å². The molecule has 0 aliphatic heterocycles. The second-order valence-electron chi connectivity index (χ2n) is 14.2. The van der Waals surface area contributed by atoms with Crippen LogP contribution in [0.5, 0.6) is 0 Å². The standard InChI is InChI=1S/C40H36N4.Pt/c1-39(2,3)25-15-19-35-33(21-25)29-11-7-9-13-31(29)37-41-27(23-43(35)37)17-18-28-24-44-36-20-16-26(40(4,5)6)22-34(36)30-12-8-10-14-32(30)38(44)42-28;/h7-12,15-16,19-24H,17-18H2,1-6H3;/q-2;+2. The molecule has 4 heterocycles. The Hall–Kier alpha value is -4.01. The van der Waals surface area contributed by atoms with Crippen molar-refractivity contribution in [2.24, 2.45) is 0 Å². The molecule has 0 radical (unpaired) electrons. The van der Waals surface area contributed by atoms with Crippen LogP contribution in [0.4, 0.5) is 0 Å². The maximum absolute atomic E-state index is 5.15. The maximum atomic E-state index is 5.15. The molecule has 4 nitrogen and oxygen atoms in total. The van der Waals surface area contributed by atoms with Crippen molar-refractivity contribution in [2.75, 3.05) is 0 Å². The van der Waals surface area contributed by atoms with Crippen LogP contribution >= 0.6 is 0 Å². The van der Waals surface area contributed by atoms with Gasteiger partial charge in [-0.3, -0.25) is 9.97 Å². The molecule has 45 heavy (non-hydrogen) atoms. The van der Waals surface area contributed by atoms with Gasteiger partial charge in [0, 0.05) is 34.8 Å². The third kappa shape index (κ3) is 4.86. The smallest absolute Gasteiger partial charge is 0.340 e. The molecular weight excluding hydrogens is 732 g/mol. The number of nitrogens with zero attached hydrogens (tertiary/aromatic N) is 4. The molecule has 0 aliphatic carbocycles. The largest absolute Gasteiger partial charge is 2.00 e. The zero-order valence-electron chi connectivity index (χ0n) is 26.6. The number of fused-ring (bicyclic) bond motifs is 12. The molecule has 0 N–H and O–H groups in total. The molecule has 226 valence electrons. The Bertz CT molecular complexity index is 2240. The van der Waals surface area contributed by atoms with Crippen LogP contribution < -0.4 is 0 Å². The molecule has 0 saturated heterocycles. The monoisotopic (exact) mass is 767 g/mol. The average Bonchev–Trinajstić information content (AvgIpc) is 3.64. The van der Waals surface area contributed by atoms with Gasteiger partial charge in [-0.25, -0.2) is 0 Å². The van der Waals surface area contributed by atoms with Gasteiger partial charge < -0.3 is 8.80 Å². The quantitative estimate of drug-likeness (QED) is 0.133. The summed E-state index contributed by atoms with van der Waals surface area (Å²) in [5.74, 6) is 0. The number of benzene rings is 4. The summed E-state index contributed by atoms with van der Waals surface area (Å²) in [7, 11) is 0. The predicted octanol–water partition coefficient (Wildman–Crippen LogP) is 9.57. The van der Waals surface area contributed by atoms with Crippen LogP contribution in [0.1, 0.15) is 64.1 Å². The predicted molar refractivity (Wildman–Crippen MR) is 183 cm³/mol. The summed E-state index contributed by atoms with van der Waals surface area (Å²) in [6.07, 6.45) is 6.01. The van der Waals surface area contributed by atoms with E-state index in [-0.39, 0.29) is 31.9 Å². The van der Waals surface area contributed by atoms with E-state index in [4.69, 9.17) is 9.97 Å². The molecular formula is C40H36N4Pt. The fourth-order valence-corrected chi connectivity index (χ4v) is 6.62. The van der Waals surface area contributed by atoms with E-state index < -0.39 is 0 Å². The van der Waals surface area contributed by atoms with Gasteiger partial charge in [0.25, 0.3) is 0 Å². The number of pyridine rings is 2. The number of imidazole rings is 2. The first-order valence-electron chi connectivity index (χ1n) is 15.6. The number of aryl methyl sites for hydroxylation is 2. The van der Waals surface area contributed by atoms with E-state index in [1.807, 2.05) is 12.1 Å². The molecule has 0 aliphatic rings. The third-order valence-electron chi connectivity index (χ3n) is 9.13. The molecule has 0 saturated carbocycles. The van der Waals surface area contributed by atoms with Crippen molar-refractivity contribution >= 4 is 54.6 Å². The van der Waals surface area contributed by atoms with Crippen molar-refractivity contribution in [3.63, 3.8) is 0 Å². The molecule has 0 fully saturated rings.